The number of amides is 1. The van der Waals surface area contributed by atoms with Crippen molar-refractivity contribution in [3.63, 3.8) is 0 Å². The number of hydrogen-bond acceptors (Lipinski definition) is 5. The van der Waals surface area contributed by atoms with Crippen LogP contribution < -0.4 is 9.47 Å². The van der Waals surface area contributed by atoms with Gasteiger partial charge in [-0.15, -0.1) is 11.3 Å². The zero-order valence-electron chi connectivity index (χ0n) is 18.0. The van der Waals surface area contributed by atoms with Gasteiger partial charge < -0.3 is 14.4 Å². The molecule has 2 aromatic carbocycles. The van der Waals surface area contributed by atoms with Crippen LogP contribution in [-0.2, 0) is 17.8 Å². The second-order valence-corrected chi connectivity index (χ2v) is 8.91. The Labute approximate surface area is 199 Å². The third kappa shape index (κ3) is 6.00. The van der Waals surface area contributed by atoms with Gasteiger partial charge in [-0.1, -0.05) is 35.9 Å². The van der Waals surface area contributed by atoms with Gasteiger partial charge in [0.25, 0.3) is 0 Å². The Morgan fingerprint density at radius 2 is 2.03 bits per heavy atom. The number of nitrogens with zero attached hydrogens (tertiary/aromatic N) is 2. The molecule has 0 N–H and O–H groups in total. The first-order valence-electron chi connectivity index (χ1n) is 10.6. The Balaban J connectivity index is 1.48. The molecule has 0 bridgehead atoms. The van der Waals surface area contributed by atoms with E-state index in [0.717, 1.165) is 29.0 Å². The Kier molecular flexibility index (Phi) is 7.45. The van der Waals surface area contributed by atoms with Crippen LogP contribution in [0.5, 0.6) is 11.5 Å². The average molecular weight is 493 g/mol. The number of ether oxygens (including phenoxy) is 2. The van der Waals surface area contributed by atoms with Crippen LogP contribution >= 0.6 is 22.9 Å². The van der Waals surface area contributed by atoms with Gasteiger partial charge in [0.1, 0.15) is 5.01 Å². The Hall–Kier alpha value is -2.71. The van der Waals surface area contributed by atoms with Gasteiger partial charge >= 0.3 is 6.61 Å². The molecular formula is C24H23ClF2N2O3S. The number of rotatable bonds is 10. The van der Waals surface area contributed by atoms with E-state index < -0.39 is 6.61 Å². The van der Waals surface area contributed by atoms with E-state index in [2.05, 4.69) is 9.72 Å². The lowest BCUT2D eigenvalue weighted by Gasteiger charge is -2.23. The summed E-state index contributed by atoms with van der Waals surface area (Å²) in [5, 5.41) is 3.27. The molecule has 1 aliphatic carbocycles. The Morgan fingerprint density at radius 3 is 2.73 bits per heavy atom. The number of halogens is 3. The molecule has 5 nitrogen and oxygen atoms in total. The first kappa shape index (κ1) is 23.4. The number of carbonyl (C=O) groups excluding carboxylic acids is 1. The molecule has 9 heteroatoms. The number of alkyl halides is 2. The lowest BCUT2D eigenvalue weighted by atomic mass is 10.1. The maximum absolute atomic E-state index is 13.1. The summed E-state index contributed by atoms with van der Waals surface area (Å²) in [5.41, 5.74) is 2.33. The molecule has 1 saturated carbocycles. The lowest BCUT2D eigenvalue weighted by molar-refractivity contribution is -0.131. The number of aromatic nitrogens is 1. The molecule has 0 unspecified atom stereocenters. The highest BCUT2D eigenvalue weighted by molar-refractivity contribution is 7.13. The summed E-state index contributed by atoms with van der Waals surface area (Å²) < 4.78 is 35.3. The highest BCUT2D eigenvalue weighted by atomic mass is 35.5. The summed E-state index contributed by atoms with van der Waals surface area (Å²) in [6.45, 7) is -0.497. The van der Waals surface area contributed by atoms with Gasteiger partial charge in [-0.3, -0.25) is 4.79 Å². The molecule has 1 amide bonds. The minimum atomic E-state index is -2.94. The van der Waals surface area contributed by atoms with Crippen LogP contribution in [0.1, 0.15) is 31.0 Å². The third-order valence-electron chi connectivity index (χ3n) is 5.17. The Bertz CT molecular complexity index is 1120. The topological polar surface area (TPSA) is 51.7 Å². The summed E-state index contributed by atoms with van der Waals surface area (Å²) in [7, 11) is 0. The SMILES string of the molecule is CCOc1cc(CN(C(=O)Cc2csc(-c3ccccc3Cl)n2)C2CC2)ccc1OC(F)F. The van der Waals surface area contributed by atoms with E-state index >= 15 is 0 Å². The van der Waals surface area contributed by atoms with Crippen molar-refractivity contribution in [1.29, 1.82) is 0 Å². The molecule has 4 rings (SSSR count). The zero-order chi connectivity index (χ0) is 23.4. The highest BCUT2D eigenvalue weighted by Crippen LogP contribution is 2.34. The van der Waals surface area contributed by atoms with Crippen molar-refractivity contribution < 1.29 is 23.0 Å². The summed E-state index contributed by atoms with van der Waals surface area (Å²) in [5.74, 6) is 0.191. The number of hydrogen-bond donors (Lipinski definition) is 0. The Morgan fingerprint density at radius 1 is 1.24 bits per heavy atom. The molecule has 1 aliphatic rings. The van der Waals surface area contributed by atoms with E-state index in [4.69, 9.17) is 16.3 Å². The first-order valence-corrected chi connectivity index (χ1v) is 11.9. The van der Waals surface area contributed by atoms with Crippen LogP contribution in [0.15, 0.2) is 47.8 Å². The minimum absolute atomic E-state index is 0.0190. The van der Waals surface area contributed by atoms with Gasteiger partial charge in [0.2, 0.25) is 5.91 Å². The van der Waals surface area contributed by atoms with Crippen molar-refractivity contribution >= 4 is 28.8 Å². The van der Waals surface area contributed by atoms with E-state index in [0.29, 0.717) is 23.9 Å². The van der Waals surface area contributed by atoms with Gasteiger partial charge in [0, 0.05) is 23.5 Å². The van der Waals surface area contributed by atoms with Gasteiger partial charge in [-0.25, -0.2) is 4.98 Å². The van der Waals surface area contributed by atoms with Crippen LogP contribution in [0, 0.1) is 0 Å². The van der Waals surface area contributed by atoms with E-state index in [1.54, 1.807) is 19.1 Å². The van der Waals surface area contributed by atoms with Crippen molar-refractivity contribution in [2.45, 2.75) is 45.4 Å². The normalized spacial score (nSPS) is 13.2. The molecule has 1 aromatic heterocycles. The van der Waals surface area contributed by atoms with Crippen molar-refractivity contribution in [3.8, 4) is 22.1 Å². The van der Waals surface area contributed by atoms with Crippen LogP contribution in [0.3, 0.4) is 0 Å². The van der Waals surface area contributed by atoms with Crippen molar-refractivity contribution in [1.82, 2.24) is 9.88 Å². The molecule has 3 aromatic rings. The van der Waals surface area contributed by atoms with E-state index in [1.807, 2.05) is 34.5 Å². The van der Waals surface area contributed by atoms with Crippen molar-refractivity contribution in [2.75, 3.05) is 6.61 Å². The van der Waals surface area contributed by atoms with Crippen LogP contribution in [0.25, 0.3) is 10.6 Å². The standard InChI is InChI=1S/C24H23ClF2N2O3S/c1-2-31-21-11-15(7-10-20(21)32-24(26)27)13-29(17-8-9-17)22(30)12-16-14-33-23(28-16)18-5-3-4-6-19(18)25/h3-7,10-11,14,17,24H,2,8-9,12-13H2,1H3. The molecule has 0 atom stereocenters. The van der Waals surface area contributed by atoms with Crippen LogP contribution in [0.2, 0.25) is 5.02 Å². The summed E-state index contributed by atoms with van der Waals surface area (Å²) in [6.07, 6.45) is 2.07. The maximum Gasteiger partial charge on any atom is 0.387 e. The molecule has 0 spiro atoms. The summed E-state index contributed by atoms with van der Waals surface area (Å²) in [4.78, 5) is 19.6. The average Bonchev–Trinajstić information content (AvgIpc) is 3.52. The van der Waals surface area contributed by atoms with Gasteiger partial charge in [-0.05, 0) is 43.5 Å². The van der Waals surface area contributed by atoms with Gasteiger partial charge in [-0.2, -0.15) is 8.78 Å². The zero-order valence-corrected chi connectivity index (χ0v) is 19.5. The molecule has 1 fully saturated rings. The van der Waals surface area contributed by atoms with Gasteiger partial charge in [0.15, 0.2) is 11.5 Å². The maximum atomic E-state index is 13.1. The molecular weight excluding hydrogens is 470 g/mol. The number of carbonyl (C=O) groups is 1. The van der Waals surface area contributed by atoms with Crippen LogP contribution in [0.4, 0.5) is 8.78 Å². The predicted octanol–water partition coefficient (Wildman–Crippen LogP) is 6.20. The van der Waals surface area contributed by atoms with E-state index in [1.165, 1.54) is 17.4 Å². The second-order valence-electron chi connectivity index (χ2n) is 7.65. The predicted molar refractivity (Wildman–Crippen MR) is 124 cm³/mol. The number of benzene rings is 2. The molecule has 0 saturated heterocycles. The highest BCUT2D eigenvalue weighted by Gasteiger charge is 2.33. The van der Waals surface area contributed by atoms with E-state index in [-0.39, 0.29) is 29.9 Å². The quantitative estimate of drug-likeness (QED) is 0.338. The summed E-state index contributed by atoms with van der Waals surface area (Å²) in [6, 6.07) is 12.4. The van der Waals surface area contributed by atoms with Crippen LogP contribution in [-0.4, -0.2) is 35.1 Å². The number of thiazole rings is 1. The fraction of sp³-hybridized carbons (Fsp3) is 0.333. The fourth-order valence-electron chi connectivity index (χ4n) is 3.52. The third-order valence-corrected chi connectivity index (χ3v) is 6.43. The smallest absolute Gasteiger partial charge is 0.387 e. The molecule has 0 aliphatic heterocycles. The monoisotopic (exact) mass is 492 g/mol. The van der Waals surface area contributed by atoms with E-state index in [9.17, 15) is 13.6 Å². The lowest BCUT2D eigenvalue weighted by Crippen LogP contribution is -2.33. The second kappa shape index (κ2) is 10.5. The summed E-state index contributed by atoms with van der Waals surface area (Å²) >= 11 is 7.72. The molecule has 174 valence electrons. The largest absolute Gasteiger partial charge is 0.490 e. The molecule has 0 radical (unpaired) electrons. The minimum Gasteiger partial charge on any atom is -0.490 e. The van der Waals surface area contributed by atoms with Crippen molar-refractivity contribution in [2.24, 2.45) is 0 Å². The van der Waals surface area contributed by atoms with Gasteiger partial charge in [0.05, 0.1) is 23.7 Å². The molecule has 33 heavy (non-hydrogen) atoms. The molecule has 1 heterocycles. The first-order chi connectivity index (χ1) is 15.9. The van der Waals surface area contributed by atoms with Crippen molar-refractivity contribution in [3.05, 3.63) is 64.1 Å². The fourth-order valence-corrected chi connectivity index (χ4v) is 4.66.